The van der Waals surface area contributed by atoms with Crippen LogP contribution in [0.3, 0.4) is 0 Å². The van der Waals surface area contributed by atoms with Gasteiger partial charge in [-0.05, 0) is 43.5 Å². The zero-order valence-corrected chi connectivity index (χ0v) is 19.3. The molecule has 0 unspecified atom stereocenters. The van der Waals surface area contributed by atoms with E-state index in [0.717, 1.165) is 66.4 Å². The molecule has 0 saturated carbocycles. The normalized spacial score (nSPS) is 10.9. The SMILES string of the molecule is CCCCc1nc2c(N)nc3ccccc3c2n1CCCCNC(=O)Nc1cccc(C#N)c1. The molecule has 2 aromatic heterocycles. The van der Waals surface area contributed by atoms with E-state index >= 15 is 0 Å². The number of hydrogen-bond donors (Lipinski definition) is 3. The Morgan fingerprint density at radius 3 is 2.79 bits per heavy atom. The molecule has 4 rings (SSSR count). The van der Waals surface area contributed by atoms with Gasteiger partial charge in [0.1, 0.15) is 11.3 Å². The van der Waals surface area contributed by atoms with Crippen LogP contribution in [0.4, 0.5) is 16.3 Å². The van der Waals surface area contributed by atoms with Crippen molar-refractivity contribution in [3.05, 3.63) is 59.9 Å². The monoisotopic (exact) mass is 455 g/mol. The Hall–Kier alpha value is -4.12. The van der Waals surface area contributed by atoms with Crippen LogP contribution in [0.15, 0.2) is 48.5 Å². The van der Waals surface area contributed by atoms with Gasteiger partial charge >= 0.3 is 6.03 Å². The van der Waals surface area contributed by atoms with Crippen molar-refractivity contribution in [2.24, 2.45) is 0 Å². The summed E-state index contributed by atoms with van der Waals surface area (Å²) in [6.45, 7) is 3.51. The number of amides is 2. The number of fused-ring (bicyclic) bond motifs is 3. The van der Waals surface area contributed by atoms with Gasteiger partial charge in [0.25, 0.3) is 0 Å². The summed E-state index contributed by atoms with van der Waals surface area (Å²) in [5.74, 6) is 1.49. The van der Waals surface area contributed by atoms with E-state index in [1.54, 1.807) is 24.3 Å². The Balaban J connectivity index is 1.42. The molecule has 174 valence electrons. The predicted octanol–water partition coefficient (Wildman–Crippen LogP) is 4.98. The van der Waals surface area contributed by atoms with Gasteiger partial charge in [-0.15, -0.1) is 0 Å². The molecule has 4 aromatic rings. The number of aromatic nitrogens is 3. The highest BCUT2D eigenvalue weighted by atomic mass is 16.2. The third-order valence-corrected chi connectivity index (χ3v) is 5.79. The first-order valence-corrected chi connectivity index (χ1v) is 11.7. The van der Waals surface area contributed by atoms with E-state index in [4.69, 9.17) is 16.0 Å². The molecule has 0 radical (unpaired) electrons. The number of imidazole rings is 1. The number of anilines is 2. The summed E-state index contributed by atoms with van der Waals surface area (Å²) >= 11 is 0. The maximum absolute atomic E-state index is 12.2. The van der Waals surface area contributed by atoms with E-state index in [2.05, 4.69) is 39.2 Å². The third-order valence-electron chi connectivity index (χ3n) is 5.79. The Morgan fingerprint density at radius 2 is 1.97 bits per heavy atom. The van der Waals surface area contributed by atoms with E-state index in [1.807, 2.05) is 18.2 Å². The maximum atomic E-state index is 12.2. The number of nitrogens with zero attached hydrogens (tertiary/aromatic N) is 4. The largest absolute Gasteiger partial charge is 0.382 e. The van der Waals surface area contributed by atoms with Crippen LogP contribution in [0.2, 0.25) is 0 Å². The Morgan fingerprint density at radius 1 is 1.12 bits per heavy atom. The summed E-state index contributed by atoms with van der Waals surface area (Å²) in [7, 11) is 0. The van der Waals surface area contributed by atoms with Crippen LogP contribution < -0.4 is 16.4 Å². The zero-order valence-electron chi connectivity index (χ0n) is 19.3. The van der Waals surface area contributed by atoms with Crippen LogP contribution >= 0.6 is 0 Å². The number of benzene rings is 2. The summed E-state index contributed by atoms with van der Waals surface area (Å²) < 4.78 is 2.28. The lowest BCUT2D eigenvalue weighted by Gasteiger charge is -2.12. The molecule has 0 atom stereocenters. The Labute approximate surface area is 198 Å². The Kier molecular flexibility index (Phi) is 7.23. The molecule has 0 spiro atoms. The van der Waals surface area contributed by atoms with Gasteiger partial charge in [-0.3, -0.25) is 0 Å². The highest BCUT2D eigenvalue weighted by molar-refractivity contribution is 6.06. The fourth-order valence-electron chi connectivity index (χ4n) is 4.11. The average Bonchev–Trinajstić information content (AvgIpc) is 3.22. The van der Waals surface area contributed by atoms with Crippen LogP contribution in [0.25, 0.3) is 21.9 Å². The van der Waals surface area contributed by atoms with Crippen molar-refractivity contribution in [1.29, 1.82) is 5.26 Å². The third kappa shape index (κ3) is 5.09. The van der Waals surface area contributed by atoms with Crippen molar-refractivity contribution < 1.29 is 4.79 Å². The number of nitrogen functional groups attached to an aromatic ring is 1. The number of aryl methyl sites for hydroxylation is 2. The summed E-state index contributed by atoms with van der Waals surface area (Å²) in [5, 5.41) is 15.7. The maximum Gasteiger partial charge on any atom is 0.319 e. The highest BCUT2D eigenvalue weighted by Crippen LogP contribution is 2.29. The lowest BCUT2D eigenvalue weighted by Crippen LogP contribution is -2.29. The molecule has 0 aliphatic heterocycles. The number of pyridine rings is 1. The first kappa shape index (κ1) is 23.1. The van der Waals surface area contributed by atoms with Gasteiger partial charge in [0.2, 0.25) is 0 Å². The molecule has 0 aliphatic carbocycles. The van der Waals surface area contributed by atoms with Crippen molar-refractivity contribution in [2.45, 2.75) is 45.6 Å². The van der Waals surface area contributed by atoms with E-state index in [1.165, 1.54) is 0 Å². The minimum Gasteiger partial charge on any atom is -0.382 e. The molecule has 2 amide bonds. The number of urea groups is 1. The lowest BCUT2D eigenvalue weighted by molar-refractivity contribution is 0.252. The second-order valence-electron chi connectivity index (χ2n) is 8.28. The molecule has 8 nitrogen and oxygen atoms in total. The average molecular weight is 456 g/mol. The quantitative estimate of drug-likeness (QED) is 0.307. The van der Waals surface area contributed by atoms with Crippen molar-refractivity contribution in [3.8, 4) is 6.07 Å². The minimum absolute atomic E-state index is 0.281. The Bertz CT molecular complexity index is 1350. The van der Waals surface area contributed by atoms with E-state index in [9.17, 15) is 4.79 Å². The standard InChI is InChI=1S/C26H29N7O/c1-2-3-13-22-32-23-24(20-11-4-5-12-21(20)31-25(23)28)33(22)15-7-6-14-29-26(34)30-19-10-8-9-18(16-19)17-27/h4-5,8-12,16H,2-3,6-7,13-15H2,1H3,(H2,28,31)(H2,29,30,34). The van der Waals surface area contributed by atoms with Gasteiger partial charge in [0.15, 0.2) is 5.82 Å². The van der Waals surface area contributed by atoms with E-state index < -0.39 is 0 Å². The minimum atomic E-state index is -0.281. The van der Waals surface area contributed by atoms with Crippen molar-refractivity contribution in [3.63, 3.8) is 0 Å². The molecule has 34 heavy (non-hydrogen) atoms. The summed E-state index contributed by atoms with van der Waals surface area (Å²) in [6, 6.07) is 16.6. The van der Waals surface area contributed by atoms with E-state index in [-0.39, 0.29) is 6.03 Å². The topological polar surface area (TPSA) is 122 Å². The van der Waals surface area contributed by atoms with Crippen LogP contribution in [-0.4, -0.2) is 27.1 Å². The number of nitriles is 1. The molecular formula is C26H29N7O. The van der Waals surface area contributed by atoms with Crippen molar-refractivity contribution in [1.82, 2.24) is 19.9 Å². The molecule has 0 aliphatic rings. The van der Waals surface area contributed by atoms with Crippen LogP contribution in [-0.2, 0) is 13.0 Å². The number of nitrogens with one attached hydrogen (secondary N) is 2. The summed E-state index contributed by atoms with van der Waals surface area (Å²) in [5.41, 5.74) is 10.0. The first-order valence-electron chi connectivity index (χ1n) is 11.7. The second kappa shape index (κ2) is 10.7. The number of carbonyl (C=O) groups excluding carboxylic acids is 1. The van der Waals surface area contributed by atoms with Crippen molar-refractivity contribution in [2.75, 3.05) is 17.6 Å². The number of carbonyl (C=O) groups is 1. The predicted molar refractivity (Wildman–Crippen MR) is 135 cm³/mol. The lowest BCUT2D eigenvalue weighted by atomic mass is 10.2. The van der Waals surface area contributed by atoms with Gasteiger partial charge < -0.3 is 20.9 Å². The number of hydrogen-bond acceptors (Lipinski definition) is 5. The van der Waals surface area contributed by atoms with Gasteiger partial charge in [0.05, 0.1) is 22.7 Å². The molecule has 4 N–H and O–H groups in total. The first-order chi connectivity index (χ1) is 16.6. The van der Waals surface area contributed by atoms with Gasteiger partial charge in [-0.2, -0.15) is 5.26 Å². The van der Waals surface area contributed by atoms with Gasteiger partial charge in [-0.25, -0.2) is 14.8 Å². The zero-order chi connectivity index (χ0) is 23.9. The summed E-state index contributed by atoms with van der Waals surface area (Å²) in [6.07, 6.45) is 4.74. The molecule has 0 bridgehead atoms. The number of nitrogens with two attached hydrogens (primary N) is 1. The smallest absolute Gasteiger partial charge is 0.319 e. The van der Waals surface area contributed by atoms with Crippen molar-refractivity contribution >= 4 is 39.5 Å². The van der Waals surface area contributed by atoms with Crippen LogP contribution in [0.5, 0.6) is 0 Å². The van der Waals surface area contributed by atoms with Crippen LogP contribution in [0, 0.1) is 11.3 Å². The number of para-hydroxylation sites is 1. The fraction of sp³-hybridized carbons (Fsp3) is 0.308. The van der Waals surface area contributed by atoms with Crippen LogP contribution in [0.1, 0.15) is 44.0 Å². The summed E-state index contributed by atoms with van der Waals surface area (Å²) in [4.78, 5) is 21.6. The van der Waals surface area contributed by atoms with E-state index in [0.29, 0.717) is 23.6 Å². The molecule has 2 heterocycles. The fourth-order valence-corrected chi connectivity index (χ4v) is 4.11. The molecular weight excluding hydrogens is 426 g/mol. The molecule has 8 heteroatoms. The molecule has 0 saturated heterocycles. The number of unbranched alkanes of at least 4 members (excludes halogenated alkanes) is 2. The molecule has 2 aromatic carbocycles. The highest BCUT2D eigenvalue weighted by Gasteiger charge is 2.16. The second-order valence-corrected chi connectivity index (χ2v) is 8.28. The molecule has 0 fully saturated rings. The van der Waals surface area contributed by atoms with Gasteiger partial charge in [-0.1, -0.05) is 37.6 Å². The van der Waals surface area contributed by atoms with Gasteiger partial charge in [0, 0.05) is 30.6 Å². The number of rotatable bonds is 9.